The highest BCUT2D eigenvalue weighted by Crippen LogP contribution is 2.30. The molecule has 4 rings (SSSR count). The minimum Gasteiger partial charge on any atom is -0.326 e. The van der Waals surface area contributed by atoms with Crippen LogP contribution in [0, 0.1) is 0 Å². The zero-order valence-corrected chi connectivity index (χ0v) is 18.0. The molecule has 0 fully saturated rings. The number of amides is 2. The van der Waals surface area contributed by atoms with Crippen molar-refractivity contribution in [3.05, 3.63) is 78.9 Å². The van der Waals surface area contributed by atoms with Crippen molar-refractivity contribution in [3.8, 4) is 5.69 Å². The lowest BCUT2D eigenvalue weighted by atomic mass is 10.2. The molecule has 0 radical (unpaired) electrons. The van der Waals surface area contributed by atoms with Crippen molar-refractivity contribution in [2.75, 3.05) is 10.6 Å². The second-order valence-electron chi connectivity index (χ2n) is 7.06. The molecule has 1 heterocycles. The molecule has 3 aromatic carbocycles. The number of anilines is 2. The second kappa shape index (κ2) is 9.06. The quantitative estimate of drug-likeness (QED) is 0.417. The first-order valence-electron chi connectivity index (χ1n) is 9.89. The van der Waals surface area contributed by atoms with Crippen LogP contribution in [0.3, 0.4) is 0 Å². The van der Waals surface area contributed by atoms with Crippen molar-refractivity contribution in [2.45, 2.75) is 24.3 Å². The van der Waals surface area contributed by atoms with Crippen LogP contribution >= 0.6 is 11.8 Å². The Balaban J connectivity index is 1.54. The third-order valence-electron chi connectivity index (χ3n) is 4.67. The molecule has 0 aliphatic rings. The molecule has 2 amide bonds. The van der Waals surface area contributed by atoms with Gasteiger partial charge in [-0.25, -0.2) is 4.98 Å². The summed E-state index contributed by atoms with van der Waals surface area (Å²) in [6.45, 7) is 3.32. The maximum Gasteiger partial charge on any atom is 0.237 e. The molecule has 1 aromatic heterocycles. The van der Waals surface area contributed by atoms with Crippen LogP contribution in [0.4, 0.5) is 11.4 Å². The molecule has 1 atom stereocenters. The summed E-state index contributed by atoms with van der Waals surface area (Å²) < 4.78 is 2.08. The third kappa shape index (κ3) is 4.78. The zero-order chi connectivity index (χ0) is 21.8. The number of thioether (sulfide) groups is 1. The standard InChI is InChI=1S/C24H22N4O2S/c1-16(23(30)26-19-14-12-18(13-15-19)25-17(2)29)31-24-27-21-10-6-7-11-22(21)28(24)20-8-4-3-5-9-20/h3-16H,1-2H3,(H,25,29)(H,26,30)/t16-/m1/s1. The lowest BCUT2D eigenvalue weighted by Gasteiger charge is -2.14. The van der Waals surface area contributed by atoms with Crippen molar-refractivity contribution < 1.29 is 9.59 Å². The van der Waals surface area contributed by atoms with Gasteiger partial charge in [-0.3, -0.25) is 14.2 Å². The lowest BCUT2D eigenvalue weighted by Crippen LogP contribution is -2.22. The average Bonchev–Trinajstić information content (AvgIpc) is 3.13. The van der Waals surface area contributed by atoms with Crippen molar-refractivity contribution >= 4 is 46.0 Å². The van der Waals surface area contributed by atoms with Gasteiger partial charge in [0.2, 0.25) is 11.8 Å². The number of hydrogen-bond donors (Lipinski definition) is 2. The number of para-hydroxylation sites is 3. The van der Waals surface area contributed by atoms with E-state index in [9.17, 15) is 9.59 Å². The van der Waals surface area contributed by atoms with E-state index >= 15 is 0 Å². The van der Waals surface area contributed by atoms with Crippen LogP contribution in [0.2, 0.25) is 0 Å². The summed E-state index contributed by atoms with van der Waals surface area (Å²) in [6, 6.07) is 25.0. The zero-order valence-electron chi connectivity index (χ0n) is 17.2. The highest BCUT2D eigenvalue weighted by Gasteiger charge is 2.20. The summed E-state index contributed by atoms with van der Waals surface area (Å²) in [4.78, 5) is 28.7. The topological polar surface area (TPSA) is 76.0 Å². The Hall–Kier alpha value is -3.58. The summed E-state index contributed by atoms with van der Waals surface area (Å²) in [7, 11) is 0. The molecule has 0 unspecified atom stereocenters. The molecule has 4 aromatic rings. The molecule has 156 valence electrons. The van der Waals surface area contributed by atoms with E-state index in [2.05, 4.69) is 15.2 Å². The van der Waals surface area contributed by atoms with Crippen molar-refractivity contribution in [1.82, 2.24) is 9.55 Å². The van der Waals surface area contributed by atoms with E-state index in [-0.39, 0.29) is 17.1 Å². The van der Waals surface area contributed by atoms with E-state index in [1.807, 2.05) is 61.5 Å². The van der Waals surface area contributed by atoms with E-state index in [4.69, 9.17) is 4.98 Å². The normalized spacial score (nSPS) is 11.8. The van der Waals surface area contributed by atoms with Crippen LogP contribution in [0.5, 0.6) is 0 Å². The molecule has 2 N–H and O–H groups in total. The van der Waals surface area contributed by atoms with Crippen LogP contribution < -0.4 is 10.6 Å². The number of benzene rings is 3. The molecule has 0 bridgehead atoms. The minimum atomic E-state index is -0.366. The summed E-state index contributed by atoms with van der Waals surface area (Å²) in [5, 5.41) is 6.03. The smallest absolute Gasteiger partial charge is 0.237 e. The fraction of sp³-hybridized carbons (Fsp3) is 0.125. The molecule has 7 heteroatoms. The summed E-state index contributed by atoms with van der Waals surface area (Å²) >= 11 is 1.41. The molecule has 6 nitrogen and oxygen atoms in total. The summed E-state index contributed by atoms with van der Waals surface area (Å²) in [5.74, 6) is -0.257. The first-order valence-corrected chi connectivity index (χ1v) is 10.8. The van der Waals surface area contributed by atoms with Gasteiger partial charge in [0.25, 0.3) is 0 Å². The van der Waals surface area contributed by atoms with Crippen LogP contribution in [-0.2, 0) is 9.59 Å². The fourth-order valence-electron chi connectivity index (χ4n) is 3.21. The van der Waals surface area contributed by atoms with Gasteiger partial charge in [-0.05, 0) is 55.5 Å². The Morgan fingerprint density at radius 2 is 1.48 bits per heavy atom. The molecular weight excluding hydrogens is 408 g/mol. The maximum atomic E-state index is 12.8. The number of rotatable bonds is 6. The van der Waals surface area contributed by atoms with Gasteiger partial charge >= 0.3 is 0 Å². The Morgan fingerprint density at radius 3 is 2.16 bits per heavy atom. The SMILES string of the molecule is CC(=O)Nc1ccc(NC(=O)[C@@H](C)Sc2nc3ccccc3n2-c2ccccc2)cc1. The molecule has 0 spiro atoms. The first-order chi connectivity index (χ1) is 15.0. The summed E-state index contributed by atoms with van der Waals surface area (Å²) in [5.41, 5.74) is 4.24. The highest BCUT2D eigenvalue weighted by molar-refractivity contribution is 8.00. The van der Waals surface area contributed by atoms with Gasteiger partial charge in [0.15, 0.2) is 5.16 Å². The molecule has 0 aliphatic heterocycles. The Morgan fingerprint density at radius 1 is 0.871 bits per heavy atom. The van der Waals surface area contributed by atoms with E-state index in [0.29, 0.717) is 11.4 Å². The molecule has 0 saturated carbocycles. The monoisotopic (exact) mass is 430 g/mol. The lowest BCUT2D eigenvalue weighted by molar-refractivity contribution is -0.115. The van der Waals surface area contributed by atoms with Crippen molar-refractivity contribution in [3.63, 3.8) is 0 Å². The predicted molar refractivity (Wildman–Crippen MR) is 126 cm³/mol. The Kier molecular flexibility index (Phi) is 6.04. The van der Waals surface area contributed by atoms with Gasteiger partial charge in [0, 0.05) is 24.0 Å². The van der Waals surface area contributed by atoms with E-state index < -0.39 is 0 Å². The number of carbonyl (C=O) groups is 2. The average molecular weight is 431 g/mol. The maximum absolute atomic E-state index is 12.8. The van der Waals surface area contributed by atoms with E-state index in [1.165, 1.54) is 18.7 Å². The van der Waals surface area contributed by atoms with Gasteiger partial charge in [0.05, 0.1) is 16.3 Å². The largest absolute Gasteiger partial charge is 0.326 e. The first kappa shape index (κ1) is 20.7. The van der Waals surface area contributed by atoms with Gasteiger partial charge in [-0.1, -0.05) is 42.1 Å². The van der Waals surface area contributed by atoms with Crippen molar-refractivity contribution in [2.24, 2.45) is 0 Å². The van der Waals surface area contributed by atoms with Gasteiger partial charge < -0.3 is 10.6 Å². The number of aromatic nitrogens is 2. The number of nitrogens with one attached hydrogen (secondary N) is 2. The summed E-state index contributed by atoms with van der Waals surface area (Å²) in [6.07, 6.45) is 0. The molecule has 31 heavy (non-hydrogen) atoms. The van der Waals surface area contributed by atoms with E-state index in [1.54, 1.807) is 24.3 Å². The van der Waals surface area contributed by atoms with Crippen LogP contribution in [-0.4, -0.2) is 26.6 Å². The molecule has 0 aliphatic carbocycles. The number of carbonyl (C=O) groups excluding carboxylic acids is 2. The van der Waals surface area contributed by atoms with Crippen LogP contribution in [0.15, 0.2) is 84.0 Å². The van der Waals surface area contributed by atoms with Gasteiger partial charge in [0.1, 0.15) is 0 Å². The second-order valence-corrected chi connectivity index (χ2v) is 8.37. The minimum absolute atomic E-state index is 0.121. The third-order valence-corrected chi connectivity index (χ3v) is 5.72. The van der Waals surface area contributed by atoms with Crippen LogP contribution in [0.25, 0.3) is 16.7 Å². The molecule has 0 saturated heterocycles. The van der Waals surface area contributed by atoms with Gasteiger partial charge in [-0.2, -0.15) is 0 Å². The van der Waals surface area contributed by atoms with Crippen LogP contribution in [0.1, 0.15) is 13.8 Å². The highest BCUT2D eigenvalue weighted by atomic mass is 32.2. The number of hydrogen-bond acceptors (Lipinski definition) is 4. The predicted octanol–water partition coefficient (Wildman–Crippen LogP) is 5.10. The number of imidazole rings is 1. The number of fused-ring (bicyclic) bond motifs is 1. The Labute approximate surface area is 184 Å². The molecular formula is C24H22N4O2S. The van der Waals surface area contributed by atoms with E-state index in [0.717, 1.165) is 21.9 Å². The van der Waals surface area contributed by atoms with Crippen molar-refractivity contribution in [1.29, 1.82) is 0 Å². The fourth-order valence-corrected chi connectivity index (χ4v) is 4.15. The van der Waals surface area contributed by atoms with Gasteiger partial charge in [-0.15, -0.1) is 0 Å². The Bertz CT molecular complexity index is 1220. The number of nitrogens with zero attached hydrogens (tertiary/aromatic N) is 2.